The molecule has 1 unspecified atom stereocenters. The van der Waals surface area contributed by atoms with E-state index in [0.29, 0.717) is 17.8 Å². The Kier molecular flexibility index (Phi) is 5.52. The van der Waals surface area contributed by atoms with Crippen molar-refractivity contribution in [1.82, 2.24) is 14.5 Å². The summed E-state index contributed by atoms with van der Waals surface area (Å²) in [6, 6.07) is -0.170. The van der Waals surface area contributed by atoms with Gasteiger partial charge < -0.3 is 5.11 Å². The number of nitrogens with one attached hydrogen (secondary N) is 1. The van der Waals surface area contributed by atoms with Crippen molar-refractivity contribution in [3.05, 3.63) is 11.4 Å². The minimum Gasteiger partial charge on any atom is -0.480 e. The monoisotopic (exact) mass is 317 g/mol. The van der Waals surface area contributed by atoms with Crippen molar-refractivity contribution in [3.63, 3.8) is 0 Å². The predicted molar refractivity (Wildman–Crippen MR) is 78.6 cm³/mol. The van der Waals surface area contributed by atoms with Gasteiger partial charge in [0, 0.05) is 6.04 Å². The van der Waals surface area contributed by atoms with Crippen LogP contribution >= 0.6 is 0 Å². The highest BCUT2D eigenvalue weighted by Crippen LogP contribution is 2.21. The number of aryl methyl sites for hydroxylation is 1. The van der Waals surface area contributed by atoms with Crippen LogP contribution in [-0.4, -0.2) is 35.3 Å². The topological polar surface area (TPSA) is 101 Å². The van der Waals surface area contributed by atoms with Gasteiger partial charge in [-0.25, -0.2) is 13.1 Å². The third kappa shape index (κ3) is 4.04. The maximum absolute atomic E-state index is 12.5. The molecule has 0 amide bonds. The normalized spacial score (nSPS) is 13.6. The fourth-order valence-corrected chi connectivity index (χ4v) is 4.18. The van der Waals surface area contributed by atoms with E-state index in [9.17, 15) is 13.2 Å². The lowest BCUT2D eigenvalue weighted by Crippen LogP contribution is -2.38. The number of carbonyl (C=O) groups is 1. The molecule has 2 N–H and O–H groups in total. The Hall–Kier alpha value is -1.41. The quantitative estimate of drug-likeness (QED) is 0.789. The van der Waals surface area contributed by atoms with Gasteiger partial charge in [-0.3, -0.25) is 9.48 Å². The largest absolute Gasteiger partial charge is 0.480 e. The molecule has 0 radical (unpaired) electrons. The number of aliphatic carboxylic acids is 1. The van der Waals surface area contributed by atoms with Crippen molar-refractivity contribution < 1.29 is 18.3 Å². The fourth-order valence-electron chi connectivity index (χ4n) is 2.30. The van der Waals surface area contributed by atoms with E-state index in [0.717, 1.165) is 0 Å². The molecule has 1 heterocycles. The lowest BCUT2D eigenvalue weighted by molar-refractivity contribution is -0.137. The van der Waals surface area contributed by atoms with E-state index in [2.05, 4.69) is 9.82 Å². The first-order valence-electron chi connectivity index (χ1n) is 6.88. The molecule has 0 aliphatic rings. The second-order valence-corrected chi connectivity index (χ2v) is 7.08. The second-order valence-electron chi connectivity index (χ2n) is 5.43. The minimum atomic E-state index is -3.72. The van der Waals surface area contributed by atoms with Gasteiger partial charge in [0.2, 0.25) is 10.0 Å². The summed E-state index contributed by atoms with van der Waals surface area (Å²) in [6.45, 7) is 8.59. The van der Waals surface area contributed by atoms with Gasteiger partial charge in [0.15, 0.2) is 0 Å². The Morgan fingerprint density at radius 3 is 2.38 bits per heavy atom. The molecule has 21 heavy (non-hydrogen) atoms. The van der Waals surface area contributed by atoms with E-state index in [-0.39, 0.29) is 23.4 Å². The molecule has 1 rings (SSSR count). The van der Waals surface area contributed by atoms with Crippen LogP contribution in [0.25, 0.3) is 0 Å². The SMILES string of the molecule is CCC(NS(=O)(=O)c1c(C)nn(CC(=O)O)c1C)C(C)C. The predicted octanol–water partition coefficient (Wildman–Crippen LogP) is 1.30. The number of carboxylic acid groups (broad SMARTS) is 1. The van der Waals surface area contributed by atoms with E-state index < -0.39 is 16.0 Å². The summed E-state index contributed by atoms with van der Waals surface area (Å²) in [5.74, 6) is -0.898. The maximum Gasteiger partial charge on any atom is 0.325 e. The molecule has 0 aliphatic heterocycles. The lowest BCUT2D eigenvalue weighted by atomic mass is 10.0. The van der Waals surface area contributed by atoms with Gasteiger partial charge in [0.25, 0.3) is 0 Å². The molecule has 1 aromatic rings. The van der Waals surface area contributed by atoms with Gasteiger partial charge >= 0.3 is 5.97 Å². The molecule has 120 valence electrons. The van der Waals surface area contributed by atoms with Gasteiger partial charge in [-0.15, -0.1) is 0 Å². The highest BCUT2D eigenvalue weighted by atomic mass is 32.2. The van der Waals surface area contributed by atoms with Crippen LogP contribution in [0.15, 0.2) is 4.90 Å². The molecule has 8 heteroatoms. The number of carboxylic acids is 1. The number of hydrogen-bond acceptors (Lipinski definition) is 4. The Balaban J connectivity index is 3.20. The van der Waals surface area contributed by atoms with Gasteiger partial charge in [0.05, 0.1) is 11.4 Å². The van der Waals surface area contributed by atoms with Crippen molar-refractivity contribution in [2.24, 2.45) is 5.92 Å². The van der Waals surface area contributed by atoms with Crippen LogP contribution in [0, 0.1) is 19.8 Å². The Labute approximate surface area is 125 Å². The number of hydrogen-bond donors (Lipinski definition) is 2. The van der Waals surface area contributed by atoms with Crippen molar-refractivity contribution in [2.75, 3.05) is 0 Å². The van der Waals surface area contributed by atoms with Crippen LogP contribution in [0.3, 0.4) is 0 Å². The standard InChI is InChI=1S/C13H23N3O4S/c1-6-11(8(2)3)15-21(19,20)13-9(4)14-16(10(13)5)7-12(17)18/h8,11,15H,6-7H2,1-5H3,(H,17,18). The maximum atomic E-state index is 12.5. The van der Waals surface area contributed by atoms with Crippen molar-refractivity contribution >= 4 is 16.0 Å². The van der Waals surface area contributed by atoms with Crippen LogP contribution < -0.4 is 4.72 Å². The molecule has 7 nitrogen and oxygen atoms in total. The number of sulfonamides is 1. The zero-order valence-electron chi connectivity index (χ0n) is 13.0. The highest BCUT2D eigenvalue weighted by Gasteiger charge is 2.28. The van der Waals surface area contributed by atoms with E-state index in [1.165, 1.54) is 4.68 Å². The number of rotatable bonds is 7. The molecule has 0 aromatic carbocycles. The van der Waals surface area contributed by atoms with E-state index in [1.54, 1.807) is 13.8 Å². The van der Waals surface area contributed by atoms with E-state index >= 15 is 0 Å². The smallest absolute Gasteiger partial charge is 0.325 e. The Morgan fingerprint density at radius 1 is 1.38 bits per heavy atom. The van der Waals surface area contributed by atoms with Gasteiger partial charge in [-0.2, -0.15) is 5.10 Å². The average molecular weight is 317 g/mol. The third-order valence-corrected chi connectivity index (χ3v) is 5.16. The summed E-state index contributed by atoms with van der Waals surface area (Å²) in [5, 5.41) is 12.8. The van der Waals surface area contributed by atoms with Crippen molar-refractivity contribution in [1.29, 1.82) is 0 Å². The Morgan fingerprint density at radius 2 is 1.95 bits per heavy atom. The van der Waals surface area contributed by atoms with Crippen molar-refractivity contribution in [2.45, 2.75) is 58.5 Å². The Bertz CT molecular complexity index is 620. The van der Waals surface area contributed by atoms with Gasteiger partial charge in [-0.05, 0) is 26.2 Å². The zero-order valence-corrected chi connectivity index (χ0v) is 13.9. The fraction of sp³-hybridized carbons (Fsp3) is 0.692. The molecule has 0 fully saturated rings. The van der Waals surface area contributed by atoms with Gasteiger partial charge in [0.1, 0.15) is 11.4 Å². The van der Waals surface area contributed by atoms with Crippen LogP contribution in [0.1, 0.15) is 38.6 Å². The average Bonchev–Trinajstić information content (AvgIpc) is 2.60. The first-order chi connectivity index (χ1) is 9.60. The third-order valence-electron chi connectivity index (χ3n) is 3.42. The molecule has 1 aromatic heterocycles. The van der Waals surface area contributed by atoms with Crippen LogP contribution in [0.5, 0.6) is 0 Å². The molecule has 0 saturated heterocycles. The minimum absolute atomic E-state index is 0.0721. The molecular weight excluding hydrogens is 294 g/mol. The summed E-state index contributed by atoms with van der Waals surface area (Å²) in [6.07, 6.45) is 0.679. The van der Waals surface area contributed by atoms with E-state index in [1.807, 2.05) is 20.8 Å². The van der Waals surface area contributed by atoms with Crippen LogP contribution in [0.4, 0.5) is 0 Å². The number of aromatic nitrogens is 2. The molecular formula is C13H23N3O4S. The lowest BCUT2D eigenvalue weighted by Gasteiger charge is -2.20. The van der Waals surface area contributed by atoms with Gasteiger partial charge in [-0.1, -0.05) is 20.8 Å². The summed E-state index contributed by atoms with van der Waals surface area (Å²) in [4.78, 5) is 10.9. The van der Waals surface area contributed by atoms with Crippen LogP contribution in [0.2, 0.25) is 0 Å². The second kappa shape index (κ2) is 6.57. The zero-order chi connectivity index (χ0) is 16.4. The first kappa shape index (κ1) is 17.6. The summed E-state index contributed by atoms with van der Waals surface area (Å²) < 4.78 is 28.9. The summed E-state index contributed by atoms with van der Waals surface area (Å²) in [5.41, 5.74) is 0.640. The van der Waals surface area contributed by atoms with Crippen molar-refractivity contribution in [3.8, 4) is 0 Å². The molecule has 0 aliphatic carbocycles. The molecule has 0 spiro atoms. The van der Waals surface area contributed by atoms with Crippen LogP contribution in [-0.2, 0) is 21.4 Å². The molecule has 0 bridgehead atoms. The summed E-state index contributed by atoms with van der Waals surface area (Å²) in [7, 11) is -3.72. The number of nitrogens with zero attached hydrogens (tertiary/aromatic N) is 2. The molecule has 1 atom stereocenters. The van der Waals surface area contributed by atoms with E-state index in [4.69, 9.17) is 5.11 Å². The molecule has 0 saturated carbocycles. The first-order valence-corrected chi connectivity index (χ1v) is 8.36. The highest BCUT2D eigenvalue weighted by molar-refractivity contribution is 7.89. The summed E-state index contributed by atoms with van der Waals surface area (Å²) >= 11 is 0.